The Labute approximate surface area is 124 Å². The van der Waals surface area contributed by atoms with Gasteiger partial charge in [0.1, 0.15) is 6.07 Å². The maximum atomic E-state index is 9.14. The first-order valence-corrected chi connectivity index (χ1v) is 7.95. The SMILES string of the molecule is CCC1CCC(CNc2ccc(Br)cc2C#N)CC1. The summed E-state index contributed by atoms with van der Waals surface area (Å²) in [6.07, 6.45) is 6.71. The molecule has 0 aromatic heterocycles. The first-order chi connectivity index (χ1) is 9.22. The number of anilines is 1. The Morgan fingerprint density at radius 3 is 2.58 bits per heavy atom. The lowest BCUT2D eigenvalue weighted by molar-refractivity contribution is 0.278. The average Bonchev–Trinajstić information content (AvgIpc) is 2.46. The van der Waals surface area contributed by atoms with E-state index in [0.29, 0.717) is 0 Å². The lowest BCUT2D eigenvalue weighted by Crippen LogP contribution is -2.21. The van der Waals surface area contributed by atoms with Crippen LogP contribution in [0.15, 0.2) is 22.7 Å². The Kier molecular flexibility index (Phi) is 5.27. The van der Waals surface area contributed by atoms with Gasteiger partial charge in [-0.1, -0.05) is 42.1 Å². The van der Waals surface area contributed by atoms with Crippen molar-refractivity contribution in [3.8, 4) is 6.07 Å². The number of nitrogens with one attached hydrogen (secondary N) is 1. The summed E-state index contributed by atoms with van der Waals surface area (Å²) < 4.78 is 0.957. The molecule has 0 spiro atoms. The van der Waals surface area contributed by atoms with E-state index in [1.165, 1.54) is 32.1 Å². The summed E-state index contributed by atoms with van der Waals surface area (Å²) in [5.74, 6) is 1.71. The highest BCUT2D eigenvalue weighted by molar-refractivity contribution is 9.10. The van der Waals surface area contributed by atoms with E-state index in [4.69, 9.17) is 5.26 Å². The minimum Gasteiger partial charge on any atom is -0.384 e. The molecule has 1 aromatic carbocycles. The highest BCUT2D eigenvalue weighted by Crippen LogP contribution is 2.31. The third kappa shape index (κ3) is 3.98. The zero-order chi connectivity index (χ0) is 13.7. The third-order valence-corrected chi connectivity index (χ3v) is 4.72. The summed E-state index contributed by atoms with van der Waals surface area (Å²) >= 11 is 3.40. The van der Waals surface area contributed by atoms with Crippen LogP contribution in [-0.4, -0.2) is 6.54 Å². The molecule has 0 heterocycles. The van der Waals surface area contributed by atoms with Gasteiger partial charge < -0.3 is 5.32 Å². The molecule has 1 aliphatic rings. The Hall–Kier alpha value is -1.01. The molecule has 0 unspecified atom stereocenters. The van der Waals surface area contributed by atoms with Crippen molar-refractivity contribution >= 4 is 21.6 Å². The van der Waals surface area contributed by atoms with Crippen LogP contribution in [0.4, 0.5) is 5.69 Å². The van der Waals surface area contributed by atoms with Gasteiger partial charge in [0, 0.05) is 11.0 Å². The Balaban J connectivity index is 1.88. The molecule has 0 atom stereocenters. The second-order valence-electron chi connectivity index (χ2n) is 5.48. The summed E-state index contributed by atoms with van der Waals surface area (Å²) in [4.78, 5) is 0. The number of rotatable bonds is 4. The number of benzene rings is 1. The highest BCUT2D eigenvalue weighted by Gasteiger charge is 2.19. The number of halogens is 1. The standard InChI is InChI=1S/C16H21BrN2/c1-2-12-3-5-13(6-4-12)11-19-16-8-7-15(17)9-14(16)10-18/h7-9,12-13,19H,2-6,11H2,1H3. The van der Waals surface area contributed by atoms with Crippen molar-refractivity contribution in [1.82, 2.24) is 0 Å². The first kappa shape index (κ1) is 14.4. The van der Waals surface area contributed by atoms with Crippen LogP contribution in [0.5, 0.6) is 0 Å². The Morgan fingerprint density at radius 1 is 1.26 bits per heavy atom. The van der Waals surface area contributed by atoms with Crippen LogP contribution in [0.3, 0.4) is 0 Å². The fraction of sp³-hybridized carbons (Fsp3) is 0.562. The molecule has 1 saturated carbocycles. The molecule has 2 nitrogen and oxygen atoms in total. The molecule has 1 aromatic rings. The molecule has 0 aliphatic heterocycles. The van der Waals surface area contributed by atoms with E-state index < -0.39 is 0 Å². The van der Waals surface area contributed by atoms with Crippen LogP contribution in [0.25, 0.3) is 0 Å². The molecule has 0 bridgehead atoms. The summed E-state index contributed by atoms with van der Waals surface area (Å²) in [7, 11) is 0. The largest absolute Gasteiger partial charge is 0.384 e. The first-order valence-electron chi connectivity index (χ1n) is 7.16. The monoisotopic (exact) mass is 320 g/mol. The zero-order valence-electron chi connectivity index (χ0n) is 11.5. The number of nitrogens with zero attached hydrogens (tertiary/aromatic N) is 1. The number of hydrogen-bond acceptors (Lipinski definition) is 2. The normalized spacial score (nSPS) is 22.8. The Bertz CT molecular complexity index is 456. The van der Waals surface area contributed by atoms with Crippen LogP contribution in [0.1, 0.15) is 44.6 Å². The second kappa shape index (κ2) is 6.96. The van der Waals surface area contributed by atoms with Gasteiger partial charge in [-0.2, -0.15) is 5.26 Å². The summed E-state index contributed by atoms with van der Waals surface area (Å²) in [6, 6.07) is 8.09. The summed E-state index contributed by atoms with van der Waals surface area (Å²) in [5, 5.41) is 12.6. The van der Waals surface area contributed by atoms with E-state index in [1.54, 1.807) is 0 Å². The van der Waals surface area contributed by atoms with E-state index in [1.807, 2.05) is 18.2 Å². The molecule has 1 N–H and O–H groups in total. The minimum atomic E-state index is 0.719. The number of nitriles is 1. The van der Waals surface area contributed by atoms with Crippen molar-refractivity contribution in [3.05, 3.63) is 28.2 Å². The predicted molar refractivity (Wildman–Crippen MR) is 83.1 cm³/mol. The molecule has 102 valence electrons. The van der Waals surface area contributed by atoms with Gasteiger partial charge in [-0.25, -0.2) is 0 Å². The average molecular weight is 321 g/mol. The van der Waals surface area contributed by atoms with Crippen LogP contribution >= 0.6 is 15.9 Å². The minimum absolute atomic E-state index is 0.719. The van der Waals surface area contributed by atoms with Crippen molar-refractivity contribution in [2.45, 2.75) is 39.0 Å². The van der Waals surface area contributed by atoms with Crippen molar-refractivity contribution in [3.63, 3.8) is 0 Å². The van der Waals surface area contributed by atoms with Gasteiger partial charge in [0.2, 0.25) is 0 Å². The van der Waals surface area contributed by atoms with Crippen molar-refractivity contribution in [1.29, 1.82) is 5.26 Å². The molecule has 0 radical (unpaired) electrons. The molecule has 19 heavy (non-hydrogen) atoms. The van der Waals surface area contributed by atoms with Crippen LogP contribution in [0.2, 0.25) is 0 Å². The van der Waals surface area contributed by atoms with Gasteiger partial charge >= 0.3 is 0 Å². The van der Waals surface area contributed by atoms with Gasteiger partial charge in [-0.15, -0.1) is 0 Å². The maximum Gasteiger partial charge on any atom is 0.101 e. The summed E-state index contributed by atoms with van der Waals surface area (Å²) in [6.45, 7) is 3.29. The maximum absolute atomic E-state index is 9.14. The molecule has 1 aliphatic carbocycles. The van der Waals surface area contributed by atoms with Crippen molar-refractivity contribution in [2.24, 2.45) is 11.8 Å². The van der Waals surface area contributed by atoms with E-state index in [2.05, 4.69) is 34.2 Å². The predicted octanol–water partition coefficient (Wildman–Crippen LogP) is 4.95. The topological polar surface area (TPSA) is 35.8 Å². The third-order valence-electron chi connectivity index (χ3n) is 4.23. The fourth-order valence-corrected chi connectivity index (χ4v) is 3.22. The van der Waals surface area contributed by atoms with Crippen molar-refractivity contribution < 1.29 is 0 Å². The van der Waals surface area contributed by atoms with Gasteiger partial charge in [-0.05, 0) is 42.9 Å². The van der Waals surface area contributed by atoms with E-state index in [-0.39, 0.29) is 0 Å². The molecule has 1 fully saturated rings. The molecule has 2 rings (SSSR count). The summed E-state index contributed by atoms with van der Waals surface area (Å²) in [5.41, 5.74) is 1.68. The molecule has 0 saturated heterocycles. The van der Waals surface area contributed by atoms with E-state index in [0.717, 1.165) is 34.1 Å². The van der Waals surface area contributed by atoms with E-state index in [9.17, 15) is 0 Å². The van der Waals surface area contributed by atoms with E-state index >= 15 is 0 Å². The van der Waals surface area contributed by atoms with Crippen LogP contribution < -0.4 is 5.32 Å². The van der Waals surface area contributed by atoms with Crippen molar-refractivity contribution in [2.75, 3.05) is 11.9 Å². The van der Waals surface area contributed by atoms with Crippen LogP contribution in [-0.2, 0) is 0 Å². The molecule has 0 amide bonds. The molecular formula is C16H21BrN2. The second-order valence-corrected chi connectivity index (χ2v) is 6.39. The molecular weight excluding hydrogens is 300 g/mol. The van der Waals surface area contributed by atoms with Gasteiger partial charge in [-0.3, -0.25) is 0 Å². The van der Waals surface area contributed by atoms with Crippen LogP contribution in [0, 0.1) is 23.2 Å². The van der Waals surface area contributed by atoms with Gasteiger partial charge in [0.25, 0.3) is 0 Å². The molecule has 3 heteroatoms. The lowest BCUT2D eigenvalue weighted by atomic mass is 9.81. The lowest BCUT2D eigenvalue weighted by Gasteiger charge is -2.28. The fourth-order valence-electron chi connectivity index (χ4n) is 2.86. The van der Waals surface area contributed by atoms with Gasteiger partial charge in [0.05, 0.1) is 11.3 Å². The Morgan fingerprint density at radius 2 is 1.95 bits per heavy atom. The smallest absolute Gasteiger partial charge is 0.101 e. The highest BCUT2D eigenvalue weighted by atomic mass is 79.9. The number of hydrogen-bond donors (Lipinski definition) is 1. The zero-order valence-corrected chi connectivity index (χ0v) is 13.0. The van der Waals surface area contributed by atoms with Gasteiger partial charge in [0.15, 0.2) is 0 Å². The quantitative estimate of drug-likeness (QED) is 0.852.